The number of hydrazone groups is 1. The molecule has 2 N–H and O–H groups in total. The van der Waals surface area contributed by atoms with Crippen LogP contribution in [0.3, 0.4) is 0 Å². The van der Waals surface area contributed by atoms with Crippen LogP contribution in [0.4, 0.5) is 5.69 Å². The minimum Gasteiger partial charge on any atom is -0.497 e. The molecule has 0 aliphatic rings. The van der Waals surface area contributed by atoms with E-state index in [1.807, 2.05) is 0 Å². The van der Waals surface area contributed by atoms with Crippen molar-refractivity contribution in [2.24, 2.45) is 5.10 Å². The first-order valence-corrected chi connectivity index (χ1v) is 10.2. The SMILES string of the molecule is COc1ccc(OC)c(NC(=O)C(=O)N/N=C/c2cccc(OC(=O)c3cccc(Cl)c3)c2)c1. The van der Waals surface area contributed by atoms with E-state index < -0.39 is 17.8 Å². The van der Waals surface area contributed by atoms with Crippen LogP contribution in [0.25, 0.3) is 0 Å². The highest BCUT2D eigenvalue weighted by Crippen LogP contribution is 2.28. The zero-order valence-electron chi connectivity index (χ0n) is 18.2. The van der Waals surface area contributed by atoms with Crippen molar-refractivity contribution in [1.82, 2.24) is 5.43 Å². The summed E-state index contributed by atoms with van der Waals surface area (Å²) < 4.78 is 15.6. The molecule has 0 saturated carbocycles. The van der Waals surface area contributed by atoms with Crippen LogP contribution in [0.15, 0.2) is 71.8 Å². The van der Waals surface area contributed by atoms with Crippen molar-refractivity contribution in [2.45, 2.75) is 0 Å². The fraction of sp³-hybridized carbons (Fsp3) is 0.0833. The summed E-state index contributed by atoms with van der Waals surface area (Å²) in [7, 11) is 2.91. The number of hydrogen-bond acceptors (Lipinski definition) is 7. The highest BCUT2D eigenvalue weighted by Gasteiger charge is 2.16. The first-order valence-electron chi connectivity index (χ1n) is 9.84. The van der Waals surface area contributed by atoms with E-state index in [0.29, 0.717) is 27.6 Å². The van der Waals surface area contributed by atoms with Crippen molar-refractivity contribution >= 4 is 41.3 Å². The van der Waals surface area contributed by atoms with Gasteiger partial charge in [-0.1, -0.05) is 29.8 Å². The van der Waals surface area contributed by atoms with Crippen LogP contribution in [-0.4, -0.2) is 38.2 Å². The van der Waals surface area contributed by atoms with Gasteiger partial charge < -0.3 is 19.5 Å². The number of rotatable bonds is 7. The third-order valence-electron chi connectivity index (χ3n) is 4.37. The maximum absolute atomic E-state index is 12.3. The molecule has 0 saturated heterocycles. The number of amides is 2. The minimum atomic E-state index is -0.996. The van der Waals surface area contributed by atoms with Crippen LogP contribution < -0.4 is 25.0 Å². The Morgan fingerprint density at radius 2 is 1.68 bits per heavy atom. The Morgan fingerprint density at radius 3 is 2.41 bits per heavy atom. The average molecular weight is 482 g/mol. The van der Waals surface area contributed by atoms with Crippen LogP contribution in [0.2, 0.25) is 5.02 Å². The van der Waals surface area contributed by atoms with Gasteiger partial charge in [0.2, 0.25) is 0 Å². The number of methoxy groups -OCH3 is 2. The number of halogens is 1. The van der Waals surface area contributed by atoms with E-state index in [1.54, 1.807) is 54.6 Å². The maximum atomic E-state index is 12.3. The van der Waals surface area contributed by atoms with Gasteiger partial charge in [0.15, 0.2) is 0 Å². The fourth-order valence-corrected chi connectivity index (χ4v) is 2.94. The zero-order valence-corrected chi connectivity index (χ0v) is 19.0. The Kier molecular flexibility index (Phi) is 8.20. The molecule has 3 aromatic carbocycles. The standard InChI is InChI=1S/C24H20ClN3O6/c1-32-18-9-10-21(33-2)20(13-18)27-22(29)23(30)28-26-14-15-5-3-8-19(11-15)34-24(31)16-6-4-7-17(25)12-16/h3-14H,1-2H3,(H,27,29)(H,28,30)/b26-14+. The molecule has 0 aromatic heterocycles. The zero-order chi connectivity index (χ0) is 24.5. The lowest BCUT2D eigenvalue weighted by molar-refractivity contribution is -0.136. The smallest absolute Gasteiger partial charge is 0.343 e. The van der Waals surface area contributed by atoms with Crippen molar-refractivity contribution in [3.63, 3.8) is 0 Å². The van der Waals surface area contributed by atoms with Crippen molar-refractivity contribution in [1.29, 1.82) is 0 Å². The molecule has 3 rings (SSSR count). The summed E-state index contributed by atoms with van der Waals surface area (Å²) in [6.45, 7) is 0. The highest BCUT2D eigenvalue weighted by atomic mass is 35.5. The fourth-order valence-electron chi connectivity index (χ4n) is 2.75. The number of carbonyl (C=O) groups is 3. The molecule has 0 unspecified atom stereocenters. The maximum Gasteiger partial charge on any atom is 0.343 e. The van der Waals surface area contributed by atoms with Gasteiger partial charge in [-0.3, -0.25) is 9.59 Å². The van der Waals surface area contributed by atoms with E-state index in [2.05, 4.69) is 15.8 Å². The van der Waals surface area contributed by atoms with E-state index in [-0.39, 0.29) is 11.4 Å². The lowest BCUT2D eigenvalue weighted by atomic mass is 10.2. The lowest BCUT2D eigenvalue weighted by Crippen LogP contribution is -2.32. The van der Waals surface area contributed by atoms with Crippen molar-refractivity contribution < 1.29 is 28.6 Å². The summed E-state index contributed by atoms with van der Waals surface area (Å²) >= 11 is 5.90. The molecule has 10 heteroatoms. The van der Waals surface area contributed by atoms with Crippen LogP contribution >= 0.6 is 11.6 Å². The first kappa shape index (κ1) is 24.3. The van der Waals surface area contributed by atoms with Gasteiger partial charge in [0.1, 0.15) is 17.2 Å². The molecule has 0 aliphatic carbocycles. The molecular formula is C24H20ClN3O6. The molecule has 9 nitrogen and oxygen atoms in total. The topological polar surface area (TPSA) is 115 Å². The van der Waals surface area contributed by atoms with E-state index in [1.165, 1.54) is 32.6 Å². The summed E-state index contributed by atoms with van der Waals surface area (Å²) in [6.07, 6.45) is 1.30. The number of hydrogen-bond donors (Lipinski definition) is 2. The summed E-state index contributed by atoms with van der Waals surface area (Å²) in [6, 6.07) is 17.6. The number of esters is 1. The Morgan fingerprint density at radius 1 is 0.882 bits per heavy atom. The predicted octanol–water partition coefficient (Wildman–Crippen LogP) is 3.67. The number of ether oxygens (including phenoxy) is 3. The van der Waals surface area contributed by atoms with E-state index in [4.69, 9.17) is 25.8 Å². The predicted molar refractivity (Wildman–Crippen MR) is 127 cm³/mol. The molecule has 0 bridgehead atoms. The van der Waals surface area contributed by atoms with Gasteiger partial charge in [-0.2, -0.15) is 5.10 Å². The molecule has 3 aromatic rings. The van der Waals surface area contributed by atoms with Crippen LogP contribution in [0, 0.1) is 0 Å². The molecule has 0 spiro atoms. The van der Waals surface area contributed by atoms with Gasteiger partial charge in [-0.25, -0.2) is 10.2 Å². The van der Waals surface area contributed by atoms with Gasteiger partial charge in [-0.05, 0) is 48.0 Å². The van der Waals surface area contributed by atoms with Crippen molar-refractivity contribution in [3.05, 3.63) is 82.9 Å². The molecule has 0 fully saturated rings. The molecule has 0 atom stereocenters. The number of carbonyl (C=O) groups excluding carboxylic acids is 3. The molecule has 0 radical (unpaired) electrons. The van der Waals surface area contributed by atoms with Crippen LogP contribution in [0.5, 0.6) is 17.2 Å². The van der Waals surface area contributed by atoms with Crippen LogP contribution in [0.1, 0.15) is 15.9 Å². The molecule has 0 heterocycles. The number of benzene rings is 3. The molecular weight excluding hydrogens is 462 g/mol. The van der Waals surface area contributed by atoms with Gasteiger partial charge in [-0.15, -0.1) is 0 Å². The van der Waals surface area contributed by atoms with Gasteiger partial charge in [0, 0.05) is 11.1 Å². The highest BCUT2D eigenvalue weighted by molar-refractivity contribution is 6.39. The van der Waals surface area contributed by atoms with E-state index in [0.717, 1.165) is 0 Å². The Balaban J connectivity index is 1.59. The van der Waals surface area contributed by atoms with Gasteiger partial charge in [0.05, 0.1) is 31.7 Å². The van der Waals surface area contributed by atoms with Crippen LogP contribution in [-0.2, 0) is 9.59 Å². The second kappa shape index (κ2) is 11.5. The number of nitrogens with zero attached hydrogens (tertiary/aromatic N) is 1. The largest absolute Gasteiger partial charge is 0.497 e. The normalized spacial score (nSPS) is 10.4. The Labute approximate surface area is 200 Å². The summed E-state index contributed by atoms with van der Waals surface area (Å²) in [5.74, 6) is -1.42. The number of anilines is 1. The summed E-state index contributed by atoms with van der Waals surface area (Å²) in [5, 5.41) is 6.63. The molecule has 0 aliphatic heterocycles. The Hall–Kier alpha value is -4.37. The summed E-state index contributed by atoms with van der Waals surface area (Å²) in [4.78, 5) is 36.6. The average Bonchev–Trinajstić information content (AvgIpc) is 2.84. The third-order valence-corrected chi connectivity index (χ3v) is 4.60. The summed E-state index contributed by atoms with van der Waals surface area (Å²) in [5.41, 5.74) is 3.22. The lowest BCUT2D eigenvalue weighted by Gasteiger charge is -2.11. The van der Waals surface area contributed by atoms with Gasteiger partial charge in [0.25, 0.3) is 0 Å². The third kappa shape index (κ3) is 6.57. The monoisotopic (exact) mass is 481 g/mol. The van der Waals surface area contributed by atoms with Crippen molar-refractivity contribution in [2.75, 3.05) is 19.5 Å². The van der Waals surface area contributed by atoms with E-state index >= 15 is 0 Å². The second-order valence-corrected chi connectivity index (χ2v) is 7.13. The van der Waals surface area contributed by atoms with E-state index in [9.17, 15) is 14.4 Å². The minimum absolute atomic E-state index is 0.264. The van der Waals surface area contributed by atoms with Gasteiger partial charge >= 0.3 is 17.8 Å². The van der Waals surface area contributed by atoms with Crippen molar-refractivity contribution in [3.8, 4) is 17.2 Å². The number of nitrogens with one attached hydrogen (secondary N) is 2. The molecule has 34 heavy (non-hydrogen) atoms. The first-order chi connectivity index (χ1) is 16.4. The quantitative estimate of drug-likeness (QED) is 0.175. The second-order valence-electron chi connectivity index (χ2n) is 6.69. The molecule has 2 amide bonds. The Bertz CT molecular complexity index is 1240. The molecule has 174 valence electrons.